The van der Waals surface area contributed by atoms with Crippen LogP contribution < -0.4 is 5.73 Å². The molecule has 0 unspecified atom stereocenters. The first kappa shape index (κ1) is 31.0. The molecule has 0 aromatic heterocycles. The molecule has 0 bridgehead atoms. The summed E-state index contributed by atoms with van der Waals surface area (Å²) >= 11 is 0. The second kappa shape index (κ2) is 13.2. The van der Waals surface area contributed by atoms with Gasteiger partial charge in [-0.3, -0.25) is 9.42 Å². The molecule has 216 valence electrons. The van der Waals surface area contributed by atoms with Crippen molar-refractivity contribution in [2.75, 3.05) is 32.0 Å². The van der Waals surface area contributed by atoms with Crippen LogP contribution in [0, 0.1) is 5.92 Å². The van der Waals surface area contributed by atoms with Crippen molar-refractivity contribution in [2.45, 2.75) is 49.8 Å². The van der Waals surface area contributed by atoms with Gasteiger partial charge in [-0.15, -0.1) is 0 Å². The largest absolute Gasteiger partial charge is 0.469 e. The third-order valence-corrected chi connectivity index (χ3v) is 8.73. The van der Waals surface area contributed by atoms with E-state index in [-0.39, 0.29) is 30.4 Å². The Morgan fingerprint density at radius 3 is 2.28 bits per heavy atom. The molecule has 14 heteroatoms. The van der Waals surface area contributed by atoms with Crippen LogP contribution in [-0.4, -0.2) is 83.1 Å². The lowest BCUT2D eigenvalue weighted by Gasteiger charge is -2.40. The number of rotatable bonds is 13. The summed E-state index contributed by atoms with van der Waals surface area (Å²) in [6.07, 6.45) is -2.46. The molecular formula is C25H36N3O9PS. The maximum absolute atomic E-state index is 13.7. The standard InChI is InChI=1S/C25H36N3O9PS/c1-18(2)15-27(39(34,35)22-10-8-20(26)9-11-22)16-24(37-38(31,32)33)23(14-19-6-4-3-5-7-19)28(25(29)30)21-12-13-36-17-21/h3-11,18,21,23-24H,12-17,26H2,1-2H3,(H,29,30)(H2,31,32,33)/t21-,23-,24-/m0/s1. The number of ether oxygens (including phenoxy) is 1. The molecule has 1 amide bonds. The van der Waals surface area contributed by atoms with E-state index in [9.17, 15) is 32.7 Å². The van der Waals surface area contributed by atoms with E-state index in [1.807, 2.05) is 0 Å². The van der Waals surface area contributed by atoms with Crippen LogP contribution in [0.25, 0.3) is 0 Å². The molecule has 12 nitrogen and oxygen atoms in total. The molecule has 1 heterocycles. The van der Waals surface area contributed by atoms with Crippen LogP contribution >= 0.6 is 7.82 Å². The summed E-state index contributed by atoms with van der Waals surface area (Å²) in [6, 6.07) is 12.6. The lowest BCUT2D eigenvalue weighted by Crippen LogP contribution is -2.56. The Morgan fingerprint density at radius 2 is 1.77 bits per heavy atom. The molecule has 3 atom stereocenters. The number of carboxylic acid groups (broad SMARTS) is 1. The molecule has 0 radical (unpaired) electrons. The third-order valence-electron chi connectivity index (χ3n) is 6.34. The number of anilines is 1. The topological polar surface area (TPSA) is 180 Å². The summed E-state index contributed by atoms with van der Waals surface area (Å²) in [4.78, 5) is 33.3. The van der Waals surface area contributed by atoms with E-state index in [1.165, 1.54) is 24.3 Å². The van der Waals surface area contributed by atoms with Crippen molar-refractivity contribution in [3.63, 3.8) is 0 Å². The molecule has 3 rings (SSSR count). The number of nitrogens with two attached hydrogens (primary N) is 1. The Bertz CT molecular complexity index is 1230. The average molecular weight is 586 g/mol. The number of phosphoric acid groups is 1. The Morgan fingerprint density at radius 1 is 1.13 bits per heavy atom. The van der Waals surface area contributed by atoms with Crippen molar-refractivity contribution in [1.29, 1.82) is 0 Å². The zero-order chi connectivity index (χ0) is 28.8. The highest BCUT2D eigenvalue weighted by atomic mass is 32.2. The molecule has 1 aliphatic heterocycles. The van der Waals surface area contributed by atoms with Crippen LogP contribution in [-0.2, 0) is 30.3 Å². The zero-order valence-corrected chi connectivity index (χ0v) is 23.6. The third kappa shape index (κ3) is 8.74. The van der Waals surface area contributed by atoms with Crippen molar-refractivity contribution in [2.24, 2.45) is 5.92 Å². The molecule has 0 saturated carbocycles. The Kier molecular flexibility index (Phi) is 10.5. The second-order valence-corrected chi connectivity index (χ2v) is 13.0. The van der Waals surface area contributed by atoms with Crippen LogP contribution in [0.15, 0.2) is 59.5 Å². The van der Waals surface area contributed by atoms with Crippen molar-refractivity contribution >= 4 is 29.6 Å². The fourth-order valence-corrected chi connectivity index (χ4v) is 6.82. The maximum atomic E-state index is 13.7. The van der Waals surface area contributed by atoms with Crippen LogP contribution in [0.4, 0.5) is 10.5 Å². The van der Waals surface area contributed by atoms with Crippen molar-refractivity contribution in [3.05, 3.63) is 60.2 Å². The van der Waals surface area contributed by atoms with E-state index in [2.05, 4.69) is 0 Å². The van der Waals surface area contributed by atoms with Gasteiger partial charge in [0.25, 0.3) is 0 Å². The highest BCUT2D eigenvalue weighted by Gasteiger charge is 2.42. The summed E-state index contributed by atoms with van der Waals surface area (Å²) in [7, 11) is -9.37. The molecule has 2 aromatic rings. The normalized spacial score (nSPS) is 17.8. The number of amides is 1. The lowest BCUT2D eigenvalue weighted by atomic mass is 9.97. The highest BCUT2D eigenvalue weighted by molar-refractivity contribution is 7.89. The molecule has 39 heavy (non-hydrogen) atoms. The number of carbonyl (C=O) groups is 1. The fraction of sp³-hybridized carbons (Fsp3) is 0.480. The summed E-state index contributed by atoms with van der Waals surface area (Å²) in [5.41, 5.74) is 6.78. The van der Waals surface area contributed by atoms with Crippen LogP contribution in [0.5, 0.6) is 0 Å². The molecular weight excluding hydrogens is 549 g/mol. The highest BCUT2D eigenvalue weighted by Crippen LogP contribution is 2.40. The monoisotopic (exact) mass is 585 g/mol. The SMILES string of the molecule is CC(C)CN(C[C@H](OP(=O)(O)O)[C@H](Cc1ccccc1)N(C(=O)O)[C@H]1CCOC1)S(=O)(=O)c1ccc(N)cc1. The van der Waals surface area contributed by atoms with Gasteiger partial charge in [-0.2, -0.15) is 4.31 Å². The van der Waals surface area contributed by atoms with E-state index in [4.69, 9.17) is 15.0 Å². The van der Waals surface area contributed by atoms with Crippen molar-refractivity contribution in [3.8, 4) is 0 Å². The van der Waals surface area contributed by atoms with Gasteiger partial charge in [0.2, 0.25) is 10.0 Å². The smallest absolute Gasteiger partial charge is 0.465 e. The van der Waals surface area contributed by atoms with Crippen LogP contribution in [0.1, 0.15) is 25.8 Å². The number of hydrogen-bond acceptors (Lipinski definition) is 7. The Labute approximate surface area is 228 Å². The Hall–Kier alpha value is -2.51. The Balaban J connectivity index is 2.10. The van der Waals surface area contributed by atoms with E-state index in [0.29, 0.717) is 24.3 Å². The van der Waals surface area contributed by atoms with Gasteiger partial charge in [-0.25, -0.2) is 17.8 Å². The van der Waals surface area contributed by atoms with Crippen molar-refractivity contribution < 1.29 is 41.9 Å². The van der Waals surface area contributed by atoms with Gasteiger partial charge in [-0.1, -0.05) is 44.2 Å². The summed E-state index contributed by atoms with van der Waals surface area (Å²) in [6.45, 7) is 3.49. The summed E-state index contributed by atoms with van der Waals surface area (Å²) in [5, 5.41) is 10.2. The number of phosphoric ester groups is 1. The minimum Gasteiger partial charge on any atom is -0.465 e. The van der Waals surface area contributed by atoms with Crippen LogP contribution in [0.2, 0.25) is 0 Å². The number of hydrogen-bond donors (Lipinski definition) is 4. The van der Waals surface area contributed by atoms with Gasteiger partial charge in [0.05, 0.1) is 23.6 Å². The number of nitrogens with zero attached hydrogens (tertiary/aromatic N) is 2. The first-order valence-electron chi connectivity index (χ1n) is 12.5. The first-order chi connectivity index (χ1) is 18.3. The lowest BCUT2D eigenvalue weighted by molar-refractivity contribution is 0.0144. The average Bonchev–Trinajstić information content (AvgIpc) is 3.36. The van der Waals surface area contributed by atoms with Crippen molar-refractivity contribution in [1.82, 2.24) is 9.21 Å². The number of nitrogen functional groups attached to an aromatic ring is 1. The van der Waals surface area contributed by atoms with E-state index < -0.39 is 48.7 Å². The van der Waals surface area contributed by atoms with Gasteiger partial charge < -0.3 is 25.4 Å². The zero-order valence-electron chi connectivity index (χ0n) is 21.9. The quantitative estimate of drug-likeness (QED) is 0.202. The molecule has 0 spiro atoms. The second-order valence-electron chi connectivity index (χ2n) is 9.88. The molecule has 5 N–H and O–H groups in total. The summed E-state index contributed by atoms with van der Waals surface area (Å²) in [5.74, 6) is -0.171. The van der Waals surface area contributed by atoms with Gasteiger partial charge >= 0.3 is 13.9 Å². The minimum atomic E-state index is -5.19. The van der Waals surface area contributed by atoms with E-state index in [0.717, 1.165) is 9.21 Å². The molecule has 1 saturated heterocycles. The number of sulfonamides is 1. The molecule has 1 aliphatic rings. The minimum absolute atomic E-state index is 0.00854. The predicted molar refractivity (Wildman–Crippen MR) is 144 cm³/mol. The van der Waals surface area contributed by atoms with Gasteiger partial charge in [-0.05, 0) is 48.6 Å². The van der Waals surface area contributed by atoms with Gasteiger partial charge in [0.1, 0.15) is 6.10 Å². The summed E-state index contributed by atoms with van der Waals surface area (Å²) < 4.78 is 51.3. The molecule has 1 fully saturated rings. The fourth-order valence-electron chi connectivity index (χ4n) is 4.64. The number of benzene rings is 2. The molecule has 2 aromatic carbocycles. The first-order valence-corrected chi connectivity index (χ1v) is 15.5. The van der Waals surface area contributed by atoms with Crippen LogP contribution in [0.3, 0.4) is 0 Å². The van der Waals surface area contributed by atoms with Gasteiger partial charge in [0.15, 0.2) is 0 Å². The van der Waals surface area contributed by atoms with E-state index >= 15 is 0 Å². The van der Waals surface area contributed by atoms with Gasteiger partial charge in [0, 0.05) is 25.4 Å². The maximum Gasteiger partial charge on any atom is 0.469 e. The van der Waals surface area contributed by atoms with E-state index in [1.54, 1.807) is 44.2 Å². The predicted octanol–water partition coefficient (Wildman–Crippen LogP) is 2.77. The molecule has 0 aliphatic carbocycles.